The Morgan fingerprint density at radius 3 is 2.89 bits per heavy atom. The summed E-state index contributed by atoms with van der Waals surface area (Å²) in [5.74, 6) is 1.38. The maximum absolute atomic E-state index is 12.1. The van der Waals surface area contributed by atoms with Crippen LogP contribution in [-0.2, 0) is 0 Å². The second-order valence-corrected chi connectivity index (χ2v) is 4.41. The maximum atomic E-state index is 12.1. The normalized spacial score (nSPS) is 18.6. The van der Waals surface area contributed by atoms with Gasteiger partial charge in [-0.05, 0) is 18.2 Å². The zero-order valence-corrected chi connectivity index (χ0v) is 10.6. The third kappa shape index (κ3) is 3.76. The fraction of sp³-hybridized carbons (Fsp3) is 0.538. The minimum Gasteiger partial charge on any atom is -0.497 e. The summed E-state index contributed by atoms with van der Waals surface area (Å²) >= 11 is 0. The lowest BCUT2D eigenvalue weighted by atomic mass is 10.00. The molecule has 19 heavy (non-hydrogen) atoms. The van der Waals surface area contributed by atoms with Crippen molar-refractivity contribution in [2.45, 2.75) is 25.1 Å². The summed E-state index contributed by atoms with van der Waals surface area (Å²) in [5.41, 5.74) is 0.854. The van der Waals surface area contributed by atoms with Gasteiger partial charge in [-0.25, -0.2) is 0 Å². The van der Waals surface area contributed by atoms with E-state index < -0.39 is 12.6 Å². The lowest BCUT2D eigenvalue weighted by Crippen LogP contribution is -2.30. The molecule has 0 saturated carbocycles. The molecule has 1 aromatic rings. The molecular formula is C13H16F3NO2. The van der Waals surface area contributed by atoms with Gasteiger partial charge in [-0.1, -0.05) is 0 Å². The highest BCUT2D eigenvalue weighted by Gasteiger charge is 2.28. The van der Waals surface area contributed by atoms with Crippen LogP contribution >= 0.6 is 0 Å². The highest BCUT2D eigenvalue weighted by molar-refractivity contribution is 5.43. The number of hydrogen-bond acceptors (Lipinski definition) is 3. The van der Waals surface area contributed by atoms with Crippen molar-refractivity contribution >= 4 is 0 Å². The van der Waals surface area contributed by atoms with Crippen molar-refractivity contribution in [1.82, 2.24) is 5.32 Å². The van der Waals surface area contributed by atoms with Crippen LogP contribution in [-0.4, -0.2) is 26.4 Å². The van der Waals surface area contributed by atoms with Gasteiger partial charge in [0.2, 0.25) is 0 Å². The average Bonchev–Trinajstić information content (AvgIpc) is 2.37. The number of halogens is 3. The van der Waals surface area contributed by atoms with Crippen LogP contribution in [0.25, 0.3) is 0 Å². The third-order valence-corrected chi connectivity index (χ3v) is 3.06. The standard InChI is InChI=1S/C13H16F3NO2/c1-18-9-2-3-12-10(8-9)11(4-7-19-12)17-6-5-13(14,15)16/h2-3,8,11,17H,4-7H2,1H3. The predicted molar refractivity (Wildman–Crippen MR) is 64.5 cm³/mol. The van der Waals surface area contributed by atoms with E-state index in [1.54, 1.807) is 25.3 Å². The molecule has 3 nitrogen and oxygen atoms in total. The second kappa shape index (κ2) is 5.69. The minimum atomic E-state index is -4.13. The highest BCUT2D eigenvalue weighted by Crippen LogP contribution is 2.34. The van der Waals surface area contributed by atoms with Crippen LogP contribution in [0.2, 0.25) is 0 Å². The molecule has 1 aromatic carbocycles. The molecule has 1 N–H and O–H groups in total. The van der Waals surface area contributed by atoms with Gasteiger partial charge in [0.05, 0.1) is 20.1 Å². The van der Waals surface area contributed by atoms with E-state index in [9.17, 15) is 13.2 Å². The maximum Gasteiger partial charge on any atom is 0.390 e. The van der Waals surface area contributed by atoms with Crippen LogP contribution in [0.1, 0.15) is 24.4 Å². The van der Waals surface area contributed by atoms with E-state index in [2.05, 4.69) is 5.32 Å². The first-order chi connectivity index (χ1) is 8.99. The number of alkyl halides is 3. The summed E-state index contributed by atoms with van der Waals surface area (Å²) in [6.45, 7) is 0.411. The first-order valence-corrected chi connectivity index (χ1v) is 6.10. The molecule has 0 spiro atoms. The van der Waals surface area contributed by atoms with Crippen molar-refractivity contribution in [3.05, 3.63) is 23.8 Å². The summed E-state index contributed by atoms with van der Waals surface area (Å²) in [5, 5.41) is 2.93. The van der Waals surface area contributed by atoms with Crippen molar-refractivity contribution in [3.8, 4) is 11.5 Å². The molecule has 1 aliphatic rings. The largest absolute Gasteiger partial charge is 0.497 e. The van der Waals surface area contributed by atoms with Gasteiger partial charge in [-0.3, -0.25) is 0 Å². The summed E-state index contributed by atoms with van der Waals surface area (Å²) in [6, 6.07) is 5.24. The summed E-state index contributed by atoms with van der Waals surface area (Å²) < 4.78 is 47.0. The van der Waals surface area contributed by atoms with Gasteiger partial charge in [-0.15, -0.1) is 0 Å². The van der Waals surface area contributed by atoms with Crippen molar-refractivity contribution < 1.29 is 22.6 Å². The molecule has 0 bridgehead atoms. The van der Waals surface area contributed by atoms with E-state index in [0.29, 0.717) is 24.5 Å². The van der Waals surface area contributed by atoms with Crippen molar-refractivity contribution in [2.24, 2.45) is 0 Å². The number of rotatable bonds is 4. The van der Waals surface area contributed by atoms with Gasteiger partial charge in [0.1, 0.15) is 11.5 Å². The molecule has 1 unspecified atom stereocenters. The Balaban J connectivity index is 2.04. The Morgan fingerprint density at radius 2 is 2.21 bits per heavy atom. The van der Waals surface area contributed by atoms with E-state index in [-0.39, 0.29) is 12.6 Å². The van der Waals surface area contributed by atoms with Gasteiger partial charge < -0.3 is 14.8 Å². The Kier molecular flexibility index (Phi) is 4.19. The van der Waals surface area contributed by atoms with E-state index in [1.807, 2.05) is 0 Å². The van der Waals surface area contributed by atoms with Crippen LogP contribution in [0.15, 0.2) is 18.2 Å². The van der Waals surface area contributed by atoms with E-state index in [0.717, 1.165) is 5.56 Å². The highest BCUT2D eigenvalue weighted by atomic mass is 19.4. The zero-order valence-electron chi connectivity index (χ0n) is 10.6. The van der Waals surface area contributed by atoms with Crippen LogP contribution in [0.4, 0.5) is 13.2 Å². The topological polar surface area (TPSA) is 30.5 Å². The lowest BCUT2D eigenvalue weighted by Gasteiger charge is -2.27. The lowest BCUT2D eigenvalue weighted by molar-refractivity contribution is -0.133. The molecule has 1 aliphatic heterocycles. The molecule has 6 heteroatoms. The predicted octanol–water partition coefficient (Wildman–Crippen LogP) is 3.06. The molecule has 2 rings (SSSR count). The average molecular weight is 275 g/mol. The van der Waals surface area contributed by atoms with Crippen LogP contribution in [0.3, 0.4) is 0 Å². The summed E-state index contributed by atoms with van der Waals surface area (Å²) in [6.07, 6.45) is -4.31. The van der Waals surface area contributed by atoms with Crippen molar-refractivity contribution in [1.29, 1.82) is 0 Å². The molecule has 0 aliphatic carbocycles. The summed E-state index contributed by atoms with van der Waals surface area (Å²) in [7, 11) is 1.55. The Morgan fingerprint density at radius 1 is 1.42 bits per heavy atom. The van der Waals surface area contributed by atoms with Crippen molar-refractivity contribution in [2.75, 3.05) is 20.3 Å². The minimum absolute atomic E-state index is 0.0924. The van der Waals surface area contributed by atoms with Crippen LogP contribution in [0.5, 0.6) is 11.5 Å². The molecular weight excluding hydrogens is 259 g/mol. The first-order valence-electron chi connectivity index (χ1n) is 6.10. The molecule has 0 aromatic heterocycles. The second-order valence-electron chi connectivity index (χ2n) is 4.41. The van der Waals surface area contributed by atoms with E-state index >= 15 is 0 Å². The van der Waals surface area contributed by atoms with Gasteiger partial charge in [0.25, 0.3) is 0 Å². The molecule has 0 fully saturated rings. The van der Waals surface area contributed by atoms with Gasteiger partial charge in [-0.2, -0.15) is 13.2 Å². The van der Waals surface area contributed by atoms with E-state index in [4.69, 9.17) is 9.47 Å². The molecule has 0 saturated heterocycles. The van der Waals surface area contributed by atoms with E-state index in [1.165, 1.54) is 0 Å². The quantitative estimate of drug-likeness (QED) is 0.916. The number of methoxy groups -OCH3 is 1. The SMILES string of the molecule is COc1ccc2c(c1)C(NCCC(F)(F)F)CCO2. The smallest absolute Gasteiger partial charge is 0.390 e. The molecule has 0 radical (unpaired) electrons. The molecule has 1 heterocycles. The number of benzene rings is 1. The number of ether oxygens (including phenoxy) is 2. The fourth-order valence-corrected chi connectivity index (χ4v) is 2.10. The first kappa shape index (κ1) is 14.0. The van der Waals surface area contributed by atoms with Gasteiger partial charge >= 0.3 is 6.18 Å². The summed E-state index contributed by atoms with van der Waals surface area (Å²) in [4.78, 5) is 0. The van der Waals surface area contributed by atoms with Crippen LogP contribution in [0, 0.1) is 0 Å². The molecule has 106 valence electrons. The Hall–Kier alpha value is -1.43. The zero-order chi connectivity index (χ0) is 13.9. The van der Waals surface area contributed by atoms with Crippen molar-refractivity contribution in [3.63, 3.8) is 0 Å². The number of nitrogens with one attached hydrogen (secondary N) is 1. The monoisotopic (exact) mass is 275 g/mol. The third-order valence-electron chi connectivity index (χ3n) is 3.06. The number of hydrogen-bond donors (Lipinski definition) is 1. The Bertz CT molecular complexity index is 434. The van der Waals surface area contributed by atoms with Gasteiger partial charge in [0, 0.05) is 24.6 Å². The van der Waals surface area contributed by atoms with Crippen LogP contribution < -0.4 is 14.8 Å². The molecule has 0 amide bonds. The number of fused-ring (bicyclic) bond motifs is 1. The Labute approximate surface area is 109 Å². The van der Waals surface area contributed by atoms with Gasteiger partial charge in [0.15, 0.2) is 0 Å². The molecule has 1 atom stereocenters. The fourth-order valence-electron chi connectivity index (χ4n) is 2.10.